The van der Waals surface area contributed by atoms with Gasteiger partial charge in [0.05, 0.1) is 22.3 Å². The van der Waals surface area contributed by atoms with Crippen molar-refractivity contribution in [1.82, 2.24) is 5.32 Å². The lowest BCUT2D eigenvalue weighted by Crippen LogP contribution is -2.28. The number of nitrogens with zero attached hydrogens (tertiary/aromatic N) is 1. The first-order chi connectivity index (χ1) is 11.6. The van der Waals surface area contributed by atoms with Gasteiger partial charge in [0.25, 0.3) is 0 Å². The molecule has 0 aromatic heterocycles. The Morgan fingerprint density at radius 3 is 2.33 bits per heavy atom. The normalized spacial score (nSPS) is 12.5. The predicted octanol–water partition coefficient (Wildman–Crippen LogP) is 2.05. The van der Waals surface area contributed by atoms with E-state index in [1.54, 1.807) is 0 Å². The minimum absolute atomic E-state index is 0.0228. The lowest BCUT2D eigenvalue weighted by Gasteiger charge is -2.18. The van der Waals surface area contributed by atoms with Gasteiger partial charge in [-0.1, -0.05) is 30.3 Å². The molecule has 0 radical (unpaired) electrons. The Balaban J connectivity index is 1.99. The van der Waals surface area contributed by atoms with Crippen LogP contribution in [0.1, 0.15) is 23.6 Å². The highest BCUT2D eigenvalue weighted by atomic mass is 32.2. The third-order valence-electron chi connectivity index (χ3n) is 3.72. The number of aliphatic hydroxyl groups excluding tert-OH is 1. The number of sulfone groups is 1. The monoisotopic (exact) mass is 344 g/mol. The first-order valence-corrected chi connectivity index (χ1v) is 9.34. The van der Waals surface area contributed by atoms with Crippen molar-refractivity contribution < 1.29 is 13.5 Å². The Morgan fingerprint density at radius 1 is 1.08 bits per heavy atom. The molecule has 0 bridgehead atoms. The van der Waals surface area contributed by atoms with Crippen LogP contribution in [-0.2, 0) is 9.84 Å². The van der Waals surface area contributed by atoms with E-state index in [0.717, 1.165) is 5.56 Å². The van der Waals surface area contributed by atoms with Crippen LogP contribution in [0.2, 0.25) is 0 Å². The molecule has 2 rings (SSSR count). The maximum Gasteiger partial charge on any atom is 0.179 e. The van der Waals surface area contributed by atoms with Crippen molar-refractivity contribution in [3.05, 3.63) is 65.7 Å². The molecule has 0 saturated carbocycles. The van der Waals surface area contributed by atoms with Crippen LogP contribution in [0, 0.1) is 11.3 Å². The molecule has 6 heteroatoms. The van der Waals surface area contributed by atoms with Gasteiger partial charge in [0.1, 0.15) is 0 Å². The van der Waals surface area contributed by atoms with Gasteiger partial charge in [-0.25, -0.2) is 8.42 Å². The largest absolute Gasteiger partial charge is 0.396 e. The van der Waals surface area contributed by atoms with Crippen LogP contribution in [0.15, 0.2) is 59.5 Å². The zero-order chi connectivity index (χ0) is 17.4. The predicted molar refractivity (Wildman–Crippen MR) is 92.1 cm³/mol. The molecular formula is C18H20N2O3S. The molecule has 0 amide bonds. The van der Waals surface area contributed by atoms with Gasteiger partial charge in [0, 0.05) is 19.2 Å². The topological polar surface area (TPSA) is 90.2 Å². The Morgan fingerprint density at radius 2 is 1.75 bits per heavy atom. The zero-order valence-electron chi connectivity index (χ0n) is 13.2. The Kier molecular flexibility index (Phi) is 6.50. The van der Waals surface area contributed by atoms with Gasteiger partial charge in [-0.2, -0.15) is 5.26 Å². The molecule has 1 atom stereocenters. The van der Waals surface area contributed by atoms with E-state index in [9.17, 15) is 13.5 Å². The molecule has 2 aromatic rings. The van der Waals surface area contributed by atoms with E-state index in [-0.39, 0.29) is 29.8 Å². The third-order valence-corrected chi connectivity index (χ3v) is 5.46. The Bertz CT molecular complexity index is 781. The quantitative estimate of drug-likeness (QED) is 0.765. The fourth-order valence-electron chi connectivity index (χ4n) is 2.42. The minimum atomic E-state index is -3.41. The van der Waals surface area contributed by atoms with Crippen molar-refractivity contribution in [3.8, 4) is 6.07 Å². The van der Waals surface area contributed by atoms with Gasteiger partial charge in [-0.05, 0) is 36.2 Å². The summed E-state index contributed by atoms with van der Waals surface area (Å²) in [6.07, 6.45) is 0.515. The molecular weight excluding hydrogens is 324 g/mol. The Labute approximate surface area is 142 Å². The number of nitrogens with one attached hydrogen (secondary N) is 1. The van der Waals surface area contributed by atoms with Crippen molar-refractivity contribution in [3.63, 3.8) is 0 Å². The molecule has 0 spiro atoms. The smallest absolute Gasteiger partial charge is 0.179 e. The van der Waals surface area contributed by atoms with Crippen LogP contribution in [0.25, 0.3) is 0 Å². The maximum atomic E-state index is 12.3. The van der Waals surface area contributed by atoms with Gasteiger partial charge in [-0.3, -0.25) is 0 Å². The van der Waals surface area contributed by atoms with Gasteiger partial charge in [-0.15, -0.1) is 0 Å². The van der Waals surface area contributed by atoms with Crippen molar-refractivity contribution in [2.75, 3.05) is 18.9 Å². The molecule has 1 unspecified atom stereocenters. The molecule has 5 nitrogen and oxygen atoms in total. The van der Waals surface area contributed by atoms with Crippen molar-refractivity contribution >= 4 is 9.84 Å². The molecule has 2 N–H and O–H groups in total. The van der Waals surface area contributed by atoms with Crippen LogP contribution < -0.4 is 5.32 Å². The summed E-state index contributed by atoms with van der Waals surface area (Å²) in [5.74, 6) is -0.0480. The SMILES string of the molecule is N#Cc1ccc(S(=O)(=O)CCNC(CCO)c2ccccc2)cc1. The fourth-order valence-corrected chi connectivity index (χ4v) is 3.60. The third kappa shape index (κ3) is 4.90. The summed E-state index contributed by atoms with van der Waals surface area (Å²) < 4.78 is 24.7. The standard InChI is InChI=1S/C18H20N2O3S/c19-14-15-6-8-17(9-7-15)24(22,23)13-11-20-18(10-12-21)16-4-2-1-3-5-16/h1-9,18,20-21H,10-13H2. The molecule has 0 aliphatic carbocycles. The van der Waals surface area contributed by atoms with Gasteiger partial charge in [0.15, 0.2) is 9.84 Å². The van der Waals surface area contributed by atoms with Gasteiger partial charge < -0.3 is 10.4 Å². The second kappa shape index (κ2) is 8.60. The van der Waals surface area contributed by atoms with E-state index in [4.69, 9.17) is 5.26 Å². The second-order valence-electron chi connectivity index (χ2n) is 5.38. The molecule has 0 fully saturated rings. The average Bonchev–Trinajstić information content (AvgIpc) is 2.61. The van der Waals surface area contributed by atoms with Crippen molar-refractivity contribution in [1.29, 1.82) is 5.26 Å². The minimum Gasteiger partial charge on any atom is -0.396 e. The highest BCUT2D eigenvalue weighted by molar-refractivity contribution is 7.91. The van der Waals surface area contributed by atoms with Crippen LogP contribution in [0.4, 0.5) is 0 Å². The lowest BCUT2D eigenvalue weighted by atomic mass is 10.0. The van der Waals surface area contributed by atoms with Crippen LogP contribution in [0.5, 0.6) is 0 Å². The number of hydrogen-bond donors (Lipinski definition) is 2. The first kappa shape index (κ1) is 18.1. The number of hydrogen-bond acceptors (Lipinski definition) is 5. The second-order valence-corrected chi connectivity index (χ2v) is 7.49. The summed E-state index contributed by atoms with van der Waals surface area (Å²) in [6.45, 7) is 0.302. The van der Waals surface area contributed by atoms with E-state index in [1.165, 1.54) is 24.3 Å². The summed E-state index contributed by atoms with van der Waals surface area (Å²) in [5, 5.41) is 21.2. The van der Waals surface area contributed by atoms with Crippen molar-refractivity contribution in [2.24, 2.45) is 0 Å². The number of rotatable bonds is 8. The number of nitriles is 1. The summed E-state index contributed by atoms with van der Waals surface area (Å²) in [5.41, 5.74) is 1.45. The molecule has 0 aliphatic heterocycles. The molecule has 0 saturated heterocycles. The number of aliphatic hydroxyl groups is 1. The van der Waals surface area contributed by atoms with E-state index < -0.39 is 9.84 Å². The van der Waals surface area contributed by atoms with Gasteiger partial charge >= 0.3 is 0 Å². The van der Waals surface area contributed by atoms with E-state index in [1.807, 2.05) is 36.4 Å². The van der Waals surface area contributed by atoms with Crippen LogP contribution in [0.3, 0.4) is 0 Å². The van der Waals surface area contributed by atoms with Crippen LogP contribution in [-0.4, -0.2) is 32.4 Å². The summed E-state index contributed by atoms with van der Waals surface area (Å²) in [6, 6.07) is 17.4. The van der Waals surface area contributed by atoms with Gasteiger partial charge in [0.2, 0.25) is 0 Å². The molecule has 126 valence electrons. The number of benzene rings is 2. The Hall–Kier alpha value is -2.20. The summed E-state index contributed by atoms with van der Waals surface area (Å²) in [7, 11) is -3.41. The van der Waals surface area contributed by atoms with E-state index >= 15 is 0 Å². The molecule has 2 aromatic carbocycles. The maximum absolute atomic E-state index is 12.3. The van der Waals surface area contributed by atoms with Crippen LogP contribution >= 0.6 is 0 Å². The average molecular weight is 344 g/mol. The summed E-state index contributed by atoms with van der Waals surface area (Å²) >= 11 is 0. The fraction of sp³-hybridized carbons (Fsp3) is 0.278. The van der Waals surface area contributed by atoms with E-state index in [2.05, 4.69) is 5.32 Å². The molecule has 0 aliphatic rings. The zero-order valence-corrected chi connectivity index (χ0v) is 14.0. The highest BCUT2D eigenvalue weighted by Crippen LogP contribution is 2.16. The highest BCUT2D eigenvalue weighted by Gasteiger charge is 2.16. The van der Waals surface area contributed by atoms with Crippen molar-refractivity contribution in [2.45, 2.75) is 17.4 Å². The lowest BCUT2D eigenvalue weighted by molar-refractivity contribution is 0.266. The van der Waals surface area contributed by atoms with E-state index in [0.29, 0.717) is 12.0 Å². The first-order valence-electron chi connectivity index (χ1n) is 7.69. The molecule has 0 heterocycles. The summed E-state index contributed by atoms with van der Waals surface area (Å²) in [4.78, 5) is 0.210. The molecule has 24 heavy (non-hydrogen) atoms.